The standard InChI is InChI=1S/C21H22ClNO/c1-16-8-7-13-23(15-16)21(24)19(17-9-3-2-4-10-17)14-18-11-5-6-12-20(18)22/h2-6,9-12,14,16H,7-8,13,15H2,1H3/b19-14+/t16-/m1/s1. The lowest BCUT2D eigenvalue weighted by Crippen LogP contribution is -2.39. The van der Waals surface area contributed by atoms with Gasteiger partial charge in [0.15, 0.2) is 0 Å². The summed E-state index contributed by atoms with van der Waals surface area (Å²) in [5, 5.41) is 0.658. The largest absolute Gasteiger partial charge is 0.338 e. The number of halogens is 1. The summed E-state index contributed by atoms with van der Waals surface area (Å²) in [5.74, 6) is 0.646. The van der Waals surface area contributed by atoms with E-state index in [4.69, 9.17) is 11.6 Å². The maximum Gasteiger partial charge on any atom is 0.254 e. The lowest BCUT2D eigenvalue weighted by Gasteiger charge is -2.31. The quantitative estimate of drug-likeness (QED) is 0.560. The zero-order valence-electron chi connectivity index (χ0n) is 13.9. The van der Waals surface area contributed by atoms with Crippen LogP contribution in [0.15, 0.2) is 54.6 Å². The molecule has 24 heavy (non-hydrogen) atoms. The first-order valence-electron chi connectivity index (χ1n) is 8.46. The van der Waals surface area contributed by atoms with Crippen molar-refractivity contribution in [2.75, 3.05) is 13.1 Å². The van der Waals surface area contributed by atoms with Crippen molar-refractivity contribution in [2.24, 2.45) is 5.92 Å². The predicted octanol–water partition coefficient (Wildman–Crippen LogP) is 5.14. The highest BCUT2D eigenvalue weighted by atomic mass is 35.5. The second-order valence-electron chi connectivity index (χ2n) is 6.44. The number of likely N-dealkylation sites (tertiary alicyclic amines) is 1. The van der Waals surface area contributed by atoms with Gasteiger partial charge in [0.05, 0.1) is 0 Å². The Hall–Kier alpha value is -2.06. The van der Waals surface area contributed by atoms with Gasteiger partial charge in [-0.25, -0.2) is 0 Å². The zero-order valence-corrected chi connectivity index (χ0v) is 14.7. The van der Waals surface area contributed by atoms with Gasteiger partial charge in [0.25, 0.3) is 5.91 Å². The van der Waals surface area contributed by atoms with Crippen LogP contribution < -0.4 is 0 Å². The van der Waals surface area contributed by atoms with Gasteiger partial charge in [0, 0.05) is 23.7 Å². The number of nitrogens with zero attached hydrogens (tertiary/aromatic N) is 1. The van der Waals surface area contributed by atoms with Gasteiger partial charge in [-0.3, -0.25) is 4.79 Å². The minimum Gasteiger partial charge on any atom is -0.338 e. The third kappa shape index (κ3) is 3.88. The number of benzene rings is 2. The molecule has 0 aliphatic carbocycles. The van der Waals surface area contributed by atoms with Gasteiger partial charge in [-0.05, 0) is 42.0 Å². The SMILES string of the molecule is C[C@@H]1CCCN(C(=O)/C(=C/c2ccccc2Cl)c2ccccc2)C1. The van der Waals surface area contributed by atoms with Gasteiger partial charge >= 0.3 is 0 Å². The van der Waals surface area contributed by atoms with Crippen LogP contribution in [0.3, 0.4) is 0 Å². The Bertz CT molecular complexity index is 739. The van der Waals surface area contributed by atoms with Crippen molar-refractivity contribution in [3.8, 4) is 0 Å². The Morgan fingerprint density at radius 1 is 1.12 bits per heavy atom. The zero-order chi connectivity index (χ0) is 16.9. The molecule has 1 aliphatic heterocycles. The molecule has 0 N–H and O–H groups in total. The van der Waals surface area contributed by atoms with Crippen molar-refractivity contribution in [1.82, 2.24) is 4.90 Å². The first-order valence-corrected chi connectivity index (χ1v) is 8.84. The number of hydrogen-bond donors (Lipinski definition) is 0. The van der Waals surface area contributed by atoms with Crippen molar-refractivity contribution in [3.05, 3.63) is 70.7 Å². The van der Waals surface area contributed by atoms with E-state index in [0.29, 0.717) is 16.5 Å². The van der Waals surface area contributed by atoms with Gasteiger partial charge in [0.1, 0.15) is 0 Å². The molecule has 0 unspecified atom stereocenters. The molecule has 2 aromatic carbocycles. The maximum absolute atomic E-state index is 13.2. The minimum atomic E-state index is 0.0904. The predicted molar refractivity (Wildman–Crippen MR) is 101 cm³/mol. The Labute approximate surface area is 148 Å². The van der Waals surface area contributed by atoms with Crippen LogP contribution >= 0.6 is 11.6 Å². The fraction of sp³-hybridized carbons (Fsp3) is 0.286. The van der Waals surface area contributed by atoms with Crippen LogP contribution in [0.4, 0.5) is 0 Å². The summed E-state index contributed by atoms with van der Waals surface area (Å²) in [6, 6.07) is 17.5. The minimum absolute atomic E-state index is 0.0904. The van der Waals surface area contributed by atoms with Crippen molar-refractivity contribution in [1.29, 1.82) is 0 Å². The van der Waals surface area contributed by atoms with Crippen LogP contribution in [0, 0.1) is 5.92 Å². The van der Waals surface area contributed by atoms with Gasteiger partial charge in [-0.1, -0.05) is 67.1 Å². The molecular weight excluding hydrogens is 318 g/mol. The topological polar surface area (TPSA) is 20.3 Å². The Balaban J connectivity index is 1.99. The Morgan fingerprint density at radius 3 is 2.54 bits per heavy atom. The second-order valence-corrected chi connectivity index (χ2v) is 6.85. The van der Waals surface area contributed by atoms with Crippen LogP contribution in [0.1, 0.15) is 30.9 Å². The van der Waals surface area contributed by atoms with E-state index < -0.39 is 0 Å². The average molecular weight is 340 g/mol. The van der Waals surface area contributed by atoms with Gasteiger partial charge < -0.3 is 4.90 Å². The number of rotatable bonds is 3. The third-order valence-electron chi connectivity index (χ3n) is 4.46. The molecule has 0 aromatic heterocycles. The molecule has 2 aromatic rings. The number of hydrogen-bond acceptors (Lipinski definition) is 1. The van der Waals surface area contributed by atoms with E-state index in [1.54, 1.807) is 0 Å². The Morgan fingerprint density at radius 2 is 1.83 bits per heavy atom. The summed E-state index contributed by atoms with van der Waals surface area (Å²) < 4.78 is 0. The van der Waals surface area contributed by atoms with Gasteiger partial charge in [-0.2, -0.15) is 0 Å². The molecule has 1 atom stereocenters. The molecule has 3 heteroatoms. The molecule has 2 nitrogen and oxygen atoms in total. The molecule has 3 rings (SSSR count). The summed E-state index contributed by atoms with van der Waals surface area (Å²) in [4.78, 5) is 15.2. The first-order chi connectivity index (χ1) is 11.6. The average Bonchev–Trinajstić information content (AvgIpc) is 2.61. The highest BCUT2D eigenvalue weighted by Gasteiger charge is 2.24. The van der Waals surface area contributed by atoms with Crippen LogP contribution in [0.5, 0.6) is 0 Å². The summed E-state index contributed by atoms with van der Waals surface area (Å²) >= 11 is 6.30. The van der Waals surface area contributed by atoms with Gasteiger partial charge in [-0.15, -0.1) is 0 Å². The molecule has 1 amide bonds. The van der Waals surface area contributed by atoms with Gasteiger partial charge in [0.2, 0.25) is 0 Å². The summed E-state index contributed by atoms with van der Waals surface area (Å²) in [6.45, 7) is 3.86. The third-order valence-corrected chi connectivity index (χ3v) is 4.81. The molecule has 0 saturated carbocycles. The monoisotopic (exact) mass is 339 g/mol. The van der Waals surface area contributed by atoms with E-state index in [1.165, 1.54) is 6.42 Å². The van der Waals surface area contributed by atoms with E-state index in [0.717, 1.165) is 30.6 Å². The normalized spacial score (nSPS) is 18.5. The number of amides is 1. The van der Waals surface area contributed by atoms with E-state index in [9.17, 15) is 4.79 Å². The summed E-state index contributed by atoms with van der Waals surface area (Å²) in [5.41, 5.74) is 2.51. The van der Waals surface area contributed by atoms with E-state index in [1.807, 2.05) is 65.6 Å². The number of carbonyl (C=O) groups is 1. The van der Waals surface area contributed by atoms with Crippen LogP contribution in [-0.4, -0.2) is 23.9 Å². The molecule has 1 heterocycles. The summed E-state index contributed by atoms with van der Waals surface area (Å²) in [6.07, 6.45) is 4.18. The molecule has 0 radical (unpaired) electrons. The van der Waals surface area contributed by atoms with Crippen molar-refractivity contribution in [2.45, 2.75) is 19.8 Å². The van der Waals surface area contributed by atoms with E-state index in [2.05, 4.69) is 6.92 Å². The van der Waals surface area contributed by atoms with E-state index >= 15 is 0 Å². The smallest absolute Gasteiger partial charge is 0.254 e. The lowest BCUT2D eigenvalue weighted by molar-refractivity contribution is -0.126. The van der Waals surface area contributed by atoms with Crippen LogP contribution in [0.2, 0.25) is 5.02 Å². The fourth-order valence-electron chi connectivity index (χ4n) is 3.18. The molecule has 1 aliphatic rings. The summed E-state index contributed by atoms with van der Waals surface area (Å²) in [7, 11) is 0. The fourth-order valence-corrected chi connectivity index (χ4v) is 3.37. The molecule has 1 saturated heterocycles. The first kappa shape index (κ1) is 16.8. The van der Waals surface area contributed by atoms with Crippen molar-refractivity contribution < 1.29 is 4.79 Å². The molecule has 0 spiro atoms. The van der Waals surface area contributed by atoms with Crippen molar-refractivity contribution in [3.63, 3.8) is 0 Å². The molecule has 1 fully saturated rings. The second kappa shape index (κ2) is 7.67. The maximum atomic E-state index is 13.2. The number of piperidine rings is 1. The Kier molecular flexibility index (Phi) is 5.37. The van der Waals surface area contributed by atoms with Crippen LogP contribution in [0.25, 0.3) is 11.6 Å². The molecular formula is C21H22ClNO. The highest BCUT2D eigenvalue weighted by molar-refractivity contribution is 6.33. The van der Waals surface area contributed by atoms with Crippen molar-refractivity contribution >= 4 is 29.2 Å². The molecule has 124 valence electrons. The van der Waals surface area contributed by atoms with E-state index in [-0.39, 0.29) is 5.91 Å². The highest BCUT2D eigenvalue weighted by Crippen LogP contribution is 2.26. The van der Waals surface area contributed by atoms with Crippen LogP contribution in [-0.2, 0) is 4.79 Å². The lowest BCUT2D eigenvalue weighted by atomic mass is 9.97. The molecule has 0 bridgehead atoms. The number of carbonyl (C=O) groups excluding carboxylic acids is 1.